The SMILES string of the molecule is CC.CCc1ccc(F)c(OC(F)(F)F)c1. The summed E-state index contributed by atoms with van der Waals surface area (Å²) in [6.45, 7) is 5.75. The molecule has 0 atom stereocenters. The maximum absolute atomic E-state index is 12.8. The van der Waals surface area contributed by atoms with Crippen molar-refractivity contribution in [3.05, 3.63) is 29.6 Å². The first-order valence-electron chi connectivity index (χ1n) is 4.96. The van der Waals surface area contributed by atoms with E-state index in [1.807, 2.05) is 13.8 Å². The molecule has 0 bridgehead atoms. The second-order valence-electron chi connectivity index (χ2n) is 2.67. The number of rotatable bonds is 2. The lowest BCUT2D eigenvalue weighted by Crippen LogP contribution is -2.18. The standard InChI is InChI=1S/C9H8F4O.C2H6/c1-2-6-3-4-7(10)8(5-6)14-9(11,12)13;1-2/h3-5H,2H2,1H3;1-2H3. The summed E-state index contributed by atoms with van der Waals surface area (Å²) in [7, 11) is 0. The molecular formula is C11H14F4O. The Kier molecular flexibility index (Phi) is 5.85. The highest BCUT2D eigenvalue weighted by Gasteiger charge is 2.32. The van der Waals surface area contributed by atoms with E-state index < -0.39 is 17.9 Å². The van der Waals surface area contributed by atoms with Gasteiger partial charge in [-0.3, -0.25) is 0 Å². The Morgan fingerprint density at radius 3 is 2.19 bits per heavy atom. The summed E-state index contributed by atoms with van der Waals surface area (Å²) in [6, 6.07) is 3.42. The fourth-order valence-electron chi connectivity index (χ4n) is 0.971. The minimum absolute atomic E-state index is 0.522. The second kappa shape index (κ2) is 6.35. The Morgan fingerprint density at radius 2 is 1.75 bits per heavy atom. The van der Waals surface area contributed by atoms with Crippen molar-refractivity contribution in [2.24, 2.45) is 0 Å². The summed E-state index contributed by atoms with van der Waals surface area (Å²) in [5.41, 5.74) is 0.589. The zero-order valence-corrected chi connectivity index (χ0v) is 9.36. The van der Waals surface area contributed by atoms with Crippen LogP contribution < -0.4 is 4.74 Å². The van der Waals surface area contributed by atoms with Crippen LogP contribution in [0.4, 0.5) is 17.6 Å². The fraction of sp³-hybridized carbons (Fsp3) is 0.455. The Morgan fingerprint density at radius 1 is 1.19 bits per heavy atom. The van der Waals surface area contributed by atoms with Gasteiger partial charge in [-0.2, -0.15) is 0 Å². The van der Waals surface area contributed by atoms with Crippen LogP contribution in [-0.4, -0.2) is 6.36 Å². The molecule has 1 aromatic rings. The monoisotopic (exact) mass is 238 g/mol. The van der Waals surface area contributed by atoms with E-state index in [0.29, 0.717) is 12.0 Å². The molecule has 0 fully saturated rings. The highest BCUT2D eigenvalue weighted by Crippen LogP contribution is 2.26. The molecule has 0 amide bonds. The van der Waals surface area contributed by atoms with Crippen LogP contribution in [0.15, 0.2) is 18.2 Å². The van der Waals surface area contributed by atoms with Gasteiger partial charge in [0.25, 0.3) is 0 Å². The van der Waals surface area contributed by atoms with Gasteiger partial charge < -0.3 is 4.74 Å². The maximum atomic E-state index is 12.8. The molecule has 0 aliphatic heterocycles. The van der Waals surface area contributed by atoms with Crippen LogP contribution in [0.3, 0.4) is 0 Å². The molecule has 16 heavy (non-hydrogen) atoms. The van der Waals surface area contributed by atoms with Crippen LogP contribution in [0.1, 0.15) is 26.3 Å². The molecule has 1 aromatic carbocycles. The molecule has 5 heteroatoms. The first kappa shape index (κ1) is 14.7. The maximum Gasteiger partial charge on any atom is 0.573 e. The molecule has 0 aliphatic carbocycles. The van der Waals surface area contributed by atoms with Gasteiger partial charge in [0.15, 0.2) is 11.6 Å². The topological polar surface area (TPSA) is 9.23 Å². The van der Waals surface area contributed by atoms with Crippen molar-refractivity contribution >= 4 is 0 Å². The largest absolute Gasteiger partial charge is 0.573 e. The van der Waals surface area contributed by atoms with E-state index in [1.54, 1.807) is 6.92 Å². The van der Waals surface area contributed by atoms with Crippen LogP contribution in [-0.2, 0) is 6.42 Å². The van der Waals surface area contributed by atoms with Crippen molar-refractivity contribution in [2.75, 3.05) is 0 Å². The van der Waals surface area contributed by atoms with Crippen LogP contribution in [0, 0.1) is 5.82 Å². The van der Waals surface area contributed by atoms with E-state index in [-0.39, 0.29) is 0 Å². The van der Waals surface area contributed by atoms with Gasteiger partial charge in [-0.1, -0.05) is 26.8 Å². The first-order valence-corrected chi connectivity index (χ1v) is 4.96. The van der Waals surface area contributed by atoms with Crippen molar-refractivity contribution in [3.8, 4) is 5.75 Å². The molecule has 0 heterocycles. The predicted molar refractivity (Wildman–Crippen MR) is 53.8 cm³/mol. The molecule has 0 aliphatic rings. The molecule has 0 N–H and O–H groups in total. The van der Waals surface area contributed by atoms with Crippen molar-refractivity contribution < 1.29 is 22.3 Å². The zero-order valence-electron chi connectivity index (χ0n) is 9.36. The Hall–Kier alpha value is -1.26. The number of hydrogen-bond donors (Lipinski definition) is 0. The van der Waals surface area contributed by atoms with Crippen molar-refractivity contribution in [1.29, 1.82) is 0 Å². The van der Waals surface area contributed by atoms with Crippen LogP contribution in [0.2, 0.25) is 0 Å². The van der Waals surface area contributed by atoms with Gasteiger partial charge in [-0.05, 0) is 24.1 Å². The van der Waals surface area contributed by atoms with Crippen molar-refractivity contribution in [2.45, 2.75) is 33.6 Å². The highest BCUT2D eigenvalue weighted by atomic mass is 19.4. The van der Waals surface area contributed by atoms with Gasteiger partial charge in [0.1, 0.15) is 0 Å². The zero-order chi connectivity index (χ0) is 12.8. The van der Waals surface area contributed by atoms with Gasteiger partial charge in [0.05, 0.1) is 0 Å². The average molecular weight is 238 g/mol. The van der Waals surface area contributed by atoms with Gasteiger partial charge in [-0.25, -0.2) is 4.39 Å². The fourth-order valence-corrected chi connectivity index (χ4v) is 0.971. The summed E-state index contributed by atoms with van der Waals surface area (Å²) < 4.78 is 51.6. The molecule has 0 saturated heterocycles. The van der Waals surface area contributed by atoms with Crippen LogP contribution in [0.5, 0.6) is 5.75 Å². The molecule has 0 aromatic heterocycles. The lowest BCUT2D eigenvalue weighted by atomic mass is 10.1. The van der Waals surface area contributed by atoms with Gasteiger partial charge >= 0.3 is 6.36 Å². The summed E-state index contributed by atoms with van der Waals surface area (Å²) in [5.74, 6) is -1.80. The average Bonchev–Trinajstić information content (AvgIpc) is 2.22. The molecule has 1 rings (SSSR count). The lowest BCUT2D eigenvalue weighted by Gasteiger charge is -2.10. The molecule has 0 radical (unpaired) electrons. The Balaban J connectivity index is 0.00000106. The number of aryl methyl sites for hydroxylation is 1. The predicted octanol–water partition coefficient (Wildman–Crippen LogP) is 4.31. The van der Waals surface area contributed by atoms with E-state index in [0.717, 1.165) is 12.1 Å². The number of benzene rings is 1. The lowest BCUT2D eigenvalue weighted by molar-refractivity contribution is -0.275. The van der Waals surface area contributed by atoms with Gasteiger partial charge in [0, 0.05) is 0 Å². The van der Waals surface area contributed by atoms with Crippen molar-refractivity contribution in [3.63, 3.8) is 0 Å². The van der Waals surface area contributed by atoms with E-state index in [9.17, 15) is 17.6 Å². The van der Waals surface area contributed by atoms with E-state index in [1.165, 1.54) is 6.07 Å². The van der Waals surface area contributed by atoms with Crippen LogP contribution in [0.25, 0.3) is 0 Å². The third-order valence-electron chi connectivity index (χ3n) is 1.63. The quantitative estimate of drug-likeness (QED) is 0.697. The Bertz CT molecular complexity index is 320. The van der Waals surface area contributed by atoms with Crippen LogP contribution >= 0.6 is 0 Å². The molecular weight excluding hydrogens is 224 g/mol. The highest BCUT2D eigenvalue weighted by molar-refractivity contribution is 5.30. The van der Waals surface area contributed by atoms with E-state index >= 15 is 0 Å². The first-order chi connectivity index (χ1) is 7.42. The Labute approximate surface area is 92.0 Å². The third kappa shape index (κ3) is 5.00. The molecule has 0 spiro atoms. The smallest absolute Gasteiger partial charge is 0.403 e. The summed E-state index contributed by atoms with van der Waals surface area (Å²) in [4.78, 5) is 0. The van der Waals surface area contributed by atoms with E-state index in [4.69, 9.17) is 0 Å². The van der Waals surface area contributed by atoms with Gasteiger partial charge in [-0.15, -0.1) is 13.2 Å². The minimum atomic E-state index is -4.85. The third-order valence-corrected chi connectivity index (χ3v) is 1.63. The molecule has 92 valence electrons. The minimum Gasteiger partial charge on any atom is -0.403 e. The number of alkyl halides is 3. The van der Waals surface area contributed by atoms with Crippen molar-refractivity contribution in [1.82, 2.24) is 0 Å². The number of ether oxygens (including phenoxy) is 1. The summed E-state index contributed by atoms with van der Waals surface area (Å²) in [6.07, 6.45) is -4.33. The molecule has 0 saturated carbocycles. The molecule has 1 nitrogen and oxygen atoms in total. The molecule has 0 unspecified atom stereocenters. The van der Waals surface area contributed by atoms with Gasteiger partial charge in [0.2, 0.25) is 0 Å². The summed E-state index contributed by atoms with van der Waals surface area (Å²) in [5, 5.41) is 0. The second-order valence-corrected chi connectivity index (χ2v) is 2.67. The number of halogens is 4. The normalized spacial score (nSPS) is 10.4. The summed E-state index contributed by atoms with van der Waals surface area (Å²) >= 11 is 0. The number of hydrogen-bond acceptors (Lipinski definition) is 1. The van der Waals surface area contributed by atoms with E-state index in [2.05, 4.69) is 4.74 Å².